The Hall–Kier alpha value is -2.69. The van der Waals surface area contributed by atoms with E-state index in [1.54, 1.807) is 12.1 Å². The zero-order chi connectivity index (χ0) is 16.8. The molecule has 1 aliphatic rings. The lowest BCUT2D eigenvalue weighted by atomic mass is 10.2. The number of para-hydroxylation sites is 2. The van der Waals surface area contributed by atoms with Crippen molar-refractivity contribution >= 4 is 5.97 Å². The third-order valence-electron chi connectivity index (χ3n) is 3.67. The molecule has 0 fully saturated rings. The van der Waals surface area contributed by atoms with Crippen LogP contribution in [0.4, 0.5) is 0 Å². The van der Waals surface area contributed by atoms with E-state index in [-0.39, 0.29) is 13.2 Å². The summed E-state index contributed by atoms with van der Waals surface area (Å²) >= 11 is 0. The van der Waals surface area contributed by atoms with E-state index in [4.69, 9.17) is 18.9 Å². The molecule has 126 valence electrons. The van der Waals surface area contributed by atoms with E-state index >= 15 is 0 Å². The number of carbonyl (C=O) groups is 1. The van der Waals surface area contributed by atoms with Gasteiger partial charge in [-0.25, -0.2) is 4.79 Å². The van der Waals surface area contributed by atoms with Crippen molar-refractivity contribution in [2.75, 3.05) is 19.8 Å². The number of rotatable bonds is 6. The maximum absolute atomic E-state index is 12.0. The Morgan fingerprint density at radius 3 is 2.79 bits per heavy atom. The van der Waals surface area contributed by atoms with Crippen molar-refractivity contribution in [3.63, 3.8) is 0 Å². The van der Waals surface area contributed by atoms with Crippen molar-refractivity contribution in [1.82, 2.24) is 0 Å². The van der Waals surface area contributed by atoms with Gasteiger partial charge in [0, 0.05) is 0 Å². The molecule has 0 amide bonds. The Balaban J connectivity index is 1.43. The minimum Gasteiger partial charge on any atom is -0.490 e. The fourth-order valence-corrected chi connectivity index (χ4v) is 2.39. The number of esters is 1. The van der Waals surface area contributed by atoms with Gasteiger partial charge in [0.25, 0.3) is 0 Å². The summed E-state index contributed by atoms with van der Waals surface area (Å²) in [6, 6.07) is 15.1. The molecule has 0 aliphatic carbocycles. The molecule has 5 heteroatoms. The van der Waals surface area contributed by atoms with Crippen LogP contribution in [0.1, 0.15) is 12.5 Å². The van der Waals surface area contributed by atoms with Gasteiger partial charge in [0.1, 0.15) is 25.6 Å². The molecule has 0 N–H and O–H groups in total. The average Bonchev–Trinajstić information content (AvgIpc) is 2.64. The first-order valence-electron chi connectivity index (χ1n) is 8.03. The summed E-state index contributed by atoms with van der Waals surface area (Å²) in [6.07, 6.45) is 0.204. The molecule has 2 aromatic carbocycles. The highest BCUT2D eigenvalue weighted by Crippen LogP contribution is 2.31. The number of fused-ring (bicyclic) bond motifs is 1. The van der Waals surface area contributed by atoms with Crippen LogP contribution in [-0.2, 0) is 16.0 Å². The van der Waals surface area contributed by atoms with Gasteiger partial charge < -0.3 is 18.9 Å². The van der Waals surface area contributed by atoms with Gasteiger partial charge in [-0.2, -0.15) is 0 Å². The third-order valence-corrected chi connectivity index (χ3v) is 3.67. The number of hydrogen-bond acceptors (Lipinski definition) is 5. The average molecular weight is 328 g/mol. The molecule has 2 aromatic rings. The standard InChI is InChI=1S/C19H20O5/c1-2-14-6-5-7-15(12-14)21-10-11-22-19(20)18-13-23-16-8-3-4-9-17(16)24-18/h3-9,12,18H,2,10-11,13H2,1H3. The smallest absolute Gasteiger partial charge is 0.351 e. The predicted octanol–water partition coefficient (Wildman–Crippen LogP) is 3.01. The van der Waals surface area contributed by atoms with E-state index in [0.29, 0.717) is 18.1 Å². The van der Waals surface area contributed by atoms with Gasteiger partial charge in [0.15, 0.2) is 11.5 Å². The fraction of sp³-hybridized carbons (Fsp3) is 0.316. The maximum Gasteiger partial charge on any atom is 0.351 e. The van der Waals surface area contributed by atoms with Gasteiger partial charge in [0.05, 0.1) is 0 Å². The van der Waals surface area contributed by atoms with Gasteiger partial charge in [-0.15, -0.1) is 0 Å². The molecule has 1 heterocycles. The number of aryl methyl sites for hydroxylation is 1. The molecular formula is C19H20O5. The van der Waals surface area contributed by atoms with Crippen molar-refractivity contribution in [3.8, 4) is 17.2 Å². The van der Waals surface area contributed by atoms with Crippen LogP contribution in [0.5, 0.6) is 17.2 Å². The molecule has 0 saturated heterocycles. The molecular weight excluding hydrogens is 308 g/mol. The summed E-state index contributed by atoms with van der Waals surface area (Å²) in [5, 5.41) is 0. The van der Waals surface area contributed by atoms with Crippen molar-refractivity contribution in [2.45, 2.75) is 19.4 Å². The molecule has 0 saturated carbocycles. The van der Waals surface area contributed by atoms with Crippen LogP contribution in [0.25, 0.3) is 0 Å². The Morgan fingerprint density at radius 1 is 1.12 bits per heavy atom. The van der Waals surface area contributed by atoms with Crippen LogP contribution < -0.4 is 14.2 Å². The summed E-state index contributed by atoms with van der Waals surface area (Å²) < 4.78 is 21.9. The predicted molar refractivity (Wildman–Crippen MR) is 88.6 cm³/mol. The Morgan fingerprint density at radius 2 is 1.96 bits per heavy atom. The highest BCUT2D eigenvalue weighted by molar-refractivity contribution is 5.76. The van der Waals surface area contributed by atoms with Crippen molar-refractivity contribution in [1.29, 1.82) is 0 Å². The monoisotopic (exact) mass is 328 g/mol. The molecule has 0 radical (unpaired) electrons. The SMILES string of the molecule is CCc1cccc(OCCOC(=O)C2COc3ccccc3O2)c1. The zero-order valence-corrected chi connectivity index (χ0v) is 13.6. The number of carbonyl (C=O) groups excluding carboxylic acids is 1. The van der Waals surface area contributed by atoms with E-state index in [0.717, 1.165) is 12.2 Å². The van der Waals surface area contributed by atoms with E-state index in [9.17, 15) is 4.79 Å². The van der Waals surface area contributed by atoms with Crippen molar-refractivity contribution in [2.24, 2.45) is 0 Å². The number of ether oxygens (including phenoxy) is 4. The molecule has 0 bridgehead atoms. The Labute approximate surface area is 141 Å². The van der Waals surface area contributed by atoms with Crippen LogP contribution in [0, 0.1) is 0 Å². The third kappa shape index (κ3) is 3.98. The van der Waals surface area contributed by atoms with Crippen LogP contribution in [0.3, 0.4) is 0 Å². The fourth-order valence-electron chi connectivity index (χ4n) is 2.39. The molecule has 1 unspecified atom stereocenters. The van der Waals surface area contributed by atoms with Gasteiger partial charge in [-0.05, 0) is 36.2 Å². The Bertz CT molecular complexity index is 698. The highest BCUT2D eigenvalue weighted by atomic mass is 16.6. The van der Waals surface area contributed by atoms with Crippen LogP contribution >= 0.6 is 0 Å². The summed E-state index contributed by atoms with van der Waals surface area (Å²) in [7, 11) is 0. The second kappa shape index (κ2) is 7.73. The molecule has 1 aliphatic heterocycles. The zero-order valence-electron chi connectivity index (χ0n) is 13.6. The van der Waals surface area contributed by atoms with E-state index in [1.165, 1.54) is 5.56 Å². The normalized spacial score (nSPS) is 15.6. The lowest BCUT2D eigenvalue weighted by Gasteiger charge is -2.24. The molecule has 5 nitrogen and oxygen atoms in total. The van der Waals surface area contributed by atoms with E-state index in [1.807, 2.05) is 36.4 Å². The van der Waals surface area contributed by atoms with E-state index in [2.05, 4.69) is 6.92 Å². The van der Waals surface area contributed by atoms with Gasteiger partial charge in [0.2, 0.25) is 6.10 Å². The van der Waals surface area contributed by atoms with E-state index < -0.39 is 12.1 Å². The summed E-state index contributed by atoms with van der Waals surface area (Å²) in [6.45, 7) is 2.69. The second-order valence-electron chi connectivity index (χ2n) is 5.38. The first-order chi connectivity index (χ1) is 11.8. The van der Waals surface area contributed by atoms with Crippen LogP contribution in [0.15, 0.2) is 48.5 Å². The molecule has 0 spiro atoms. The topological polar surface area (TPSA) is 54.0 Å². The first-order valence-corrected chi connectivity index (χ1v) is 8.03. The molecule has 24 heavy (non-hydrogen) atoms. The lowest BCUT2D eigenvalue weighted by molar-refractivity contribution is -0.155. The minimum absolute atomic E-state index is 0.148. The van der Waals surface area contributed by atoms with Gasteiger partial charge in [-0.1, -0.05) is 31.2 Å². The van der Waals surface area contributed by atoms with Crippen molar-refractivity contribution in [3.05, 3.63) is 54.1 Å². The second-order valence-corrected chi connectivity index (χ2v) is 5.38. The minimum atomic E-state index is -0.747. The number of benzene rings is 2. The molecule has 3 rings (SSSR count). The molecule has 0 aromatic heterocycles. The van der Waals surface area contributed by atoms with Crippen molar-refractivity contribution < 1.29 is 23.7 Å². The van der Waals surface area contributed by atoms with Crippen LogP contribution in [-0.4, -0.2) is 31.9 Å². The Kier molecular flexibility index (Phi) is 5.21. The number of hydrogen-bond donors (Lipinski definition) is 0. The largest absolute Gasteiger partial charge is 0.490 e. The highest BCUT2D eigenvalue weighted by Gasteiger charge is 2.28. The summed E-state index contributed by atoms with van der Waals surface area (Å²) in [5.74, 6) is 1.52. The quantitative estimate of drug-likeness (QED) is 0.603. The summed E-state index contributed by atoms with van der Waals surface area (Å²) in [5.41, 5.74) is 1.20. The van der Waals surface area contributed by atoms with Crippen LogP contribution in [0.2, 0.25) is 0 Å². The molecule has 1 atom stereocenters. The summed E-state index contributed by atoms with van der Waals surface area (Å²) in [4.78, 5) is 12.0. The maximum atomic E-state index is 12.0. The lowest BCUT2D eigenvalue weighted by Crippen LogP contribution is -2.38. The van der Waals surface area contributed by atoms with Gasteiger partial charge >= 0.3 is 5.97 Å². The first kappa shape index (κ1) is 16.2. The van der Waals surface area contributed by atoms with Gasteiger partial charge in [-0.3, -0.25) is 0 Å².